The Labute approximate surface area is 115 Å². The van der Waals surface area contributed by atoms with Crippen LogP contribution < -0.4 is 4.74 Å². The van der Waals surface area contributed by atoms with Crippen LogP contribution in [-0.4, -0.2) is 4.92 Å². The van der Waals surface area contributed by atoms with Crippen molar-refractivity contribution in [3.63, 3.8) is 0 Å². The second kappa shape index (κ2) is 4.07. The highest BCUT2D eigenvalue weighted by Gasteiger charge is 2.38. The number of nitrogens with zero attached hydrogens (tertiary/aromatic N) is 2. The molecule has 2 aromatic rings. The second-order valence-corrected chi connectivity index (χ2v) is 4.73. The molecule has 5 nitrogen and oxygen atoms in total. The van der Waals surface area contributed by atoms with Crippen LogP contribution in [0.25, 0.3) is 11.1 Å². The molecule has 2 aromatic carbocycles. The maximum absolute atomic E-state index is 10.9. The zero-order chi connectivity index (χ0) is 14.3. The normalized spacial score (nSPS) is 19.2. The fourth-order valence-corrected chi connectivity index (χ4v) is 2.41. The Morgan fingerprint density at radius 3 is 2.70 bits per heavy atom. The molecule has 98 valence electrons. The van der Waals surface area contributed by atoms with Gasteiger partial charge in [-0.2, -0.15) is 5.26 Å². The molecule has 0 fully saturated rings. The molecule has 0 spiro atoms. The Bertz CT molecular complexity index is 764. The summed E-state index contributed by atoms with van der Waals surface area (Å²) >= 11 is 0. The van der Waals surface area contributed by atoms with Crippen LogP contribution in [0.3, 0.4) is 0 Å². The lowest BCUT2D eigenvalue weighted by atomic mass is 9.85. The van der Waals surface area contributed by atoms with Gasteiger partial charge in [-0.05, 0) is 24.6 Å². The van der Waals surface area contributed by atoms with Gasteiger partial charge >= 0.3 is 0 Å². The predicted molar refractivity (Wildman–Crippen MR) is 72.1 cm³/mol. The third kappa shape index (κ3) is 1.62. The first kappa shape index (κ1) is 12.2. The zero-order valence-corrected chi connectivity index (χ0v) is 10.7. The molecule has 0 aromatic heterocycles. The van der Waals surface area contributed by atoms with E-state index >= 15 is 0 Å². The minimum absolute atomic E-state index is 0.0480. The number of para-hydroxylation sites is 1. The van der Waals surface area contributed by atoms with Crippen molar-refractivity contribution >= 4 is 5.69 Å². The second-order valence-electron chi connectivity index (χ2n) is 4.73. The Hall–Kier alpha value is -2.87. The Kier molecular flexibility index (Phi) is 2.48. The quantitative estimate of drug-likeness (QED) is 0.585. The average molecular weight is 266 g/mol. The van der Waals surface area contributed by atoms with E-state index in [1.807, 2.05) is 18.2 Å². The number of rotatable bonds is 1. The van der Waals surface area contributed by atoms with Crippen LogP contribution in [0, 0.1) is 21.4 Å². The van der Waals surface area contributed by atoms with Gasteiger partial charge < -0.3 is 4.74 Å². The summed E-state index contributed by atoms with van der Waals surface area (Å²) in [6.07, 6.45) is 0. The van der Waals surface area contributed by atoms with Crippen molar-refractivity contribution in [3.8, 4) is 22.9 Å². The first-order valence-electron chi connectivity index (χ1n) is 6.04. The van der Waals surface area contributed by atoms with Gasteiger partial charge in [0.1, 0.15) is 11.8 Å². The van der Waals surface area contributed by atoms with Gasteiger partial charge in [-0.1, -0.05) is 18.2 Å². The molecule has 5 heteroatoms. The maximum atomic E-state index is 10.9. The highest BCUT2D eigenvalue weighted by atomic mass is 16.6. The summed E-state index contributed by atoms with van der Waals surface area (Å²) in [6, 6.07) is 14.0. The fraction of sp³-hybridized carbons (Fsp3) is 0.133. The summed E-state index contributed by atoms with van der Waals surface area (Å²) in [5.41, 5.74) is 0.878. The third-order valence-corrected chi connectivity index (χ3v) is 3.43. The number of hydrogen-bond donors (Lipinski definition) is 0. The van der Waals surface area contributed by atoms with Crippen molar-refractivity contribution in [2.75, 3.05) is 0 Å². The van der Waals surface area contributed by atoms with E-state index in [2.05, 4.69) is 6.07 Å². The molecular weight excluding hydrogens is 256 g/mol. The van der Waals surface area contributed by atoms with Crippen molar-refractivity contribution in [2.24, 2.45) is 0 Å². The Morgan fingerprint density at radius 1 is 1.25 bits per heavy atom. The molecule has 20 heavy (non-hydrogen) atoms. The van der Waals surface area contributed by atoms with E-state index < -0.39 is 10.5 Å². The molecule has 0 saturated carbocycles. The van der Waals surface area contributed by atoms with Crippen LogP contribution in [0.4, 0.5) is 5.69 Å². The lowest BCUT2D eigenvalue weighted by molar-refractivity contribution is -0.385. The van der Waals surface area contributed by atoms with E-state index in [0.29, 0.717) is 11.3 Å². The number of hydrogen-bond acceptors (Lipinski definition) is 4. The summed E-state index contributed by atoms with van der Waals surface area (Å²) < 4.78 is 5.75. The highest BCUT2D eigenvalue weighted by molar-refractivity contribution is 5.78. The zero-order valence-electron chi connectivity index (χ0n) is 10.7. The maximum Gasteiger partial charge on any atom is 0.269 e. The number of nitriles is 1. The van der Waals surface area contributed by atoms with Crippen LogP contribution in [0.15, 0.2) is 42.5 Å². The fourth-order valence-electron chi connectivity index (χ4n) is 2.41. The van der Waals surface area contributed by atoms with E-state index in [1.165, 1.54) is 12.1 Å². The predicted octanol–water partition coefficient (Wildman–Crippen LogP) is 3.39. The third-order valence-electron chi connectivity index (χ3n) is 3.43. The highest BCUT2D eigenvalue weighted by Crippen LogP contribution is 2.45. The molecule has 0 bridgehead atoms. The van der Waals surface area contributed by atoms with E-state index in [-0.39, 0.29) is 5.69 Å². The standard InChI is InChI=1S/C15H10N2O3/c1-15(9-16)13-8-10(17(18)19)6-7-11(13)12-4-2-3-5-14(12)20-15/h2-8H,1H3. The summed E-state index contributed by atoms with van der Waals surface area (Å²) in [5.74, 6) is 0.609. The summed E-state index contributed by atoms with van der Waals surface area (Å²) in [7, 11) is 0. The lowest BCUT2D eigenvalue weighted by Gasteiger charge is -2.32. The van der Waals surface area contributed by atoms with Crippen molar-refractivity contribution in [3.05, 3.63) is 58.1 Å². The first-order chi connectivity index (χ1) is 9.55. The number of non-ortho nitro benzene ring substituents is 1. The summed E-state index contributed by atoms with van der Waals surface area (Å²) in [4.78, 5) is 10.4. The molecule has 0 N–H and O–H groups in total. The molecule has 0 aliphatic carbocycles. The van der Waals surface area contributed by atoms with Crippen molar-refractivity contribution in [2.45, 2.75) is 12.5 Å². The first-order valence-corrected chi connectivity index (χ1v) is 6.04. The van der Waals surface area contributed by atoms with Crippen molar-refractivity contribution in [1.29, 1.82) is 5.26 Å². The molecule has 3 rings (SSSR count). The van der Waals surface area contributed by atoms with Crippen LogP contribution in [0.5, 0.6) is 5.75 Å². The molecule has 1 aliphatic heterocycles. The SMILES string of the molecule is CC1(C#N)Oc2ccccc2-c2ccc([N+](=O)[O-])cc21. The van der Waals surface area contributed by atoms with Gasteiger partial charge in [0.2, 0.25) is 5.60 Å². The summed E-state index contributed by atoms with van der Waals surface area (Å²) in [6.45, 7) is 1.62. The average Bonchev–Trinajstić information content (AvgIpc) is 2.47. The van der Waals surface area contributed by atoms with Crippen LogP contribution in [0.2, 0.25) is 0 Å². The molecule has 0 saturated heterocycles. The molecule has 0 amide bonds. The monoisotopic (exact) mass is 266 g/mol. The molecule has 0 radical (unpaired) electrons. The van der Waals surface area contributed by atoms with Gasteiger partial charge in [0.05, 0.1) is 4.92 Å². The van der Waals surface area contributed by atoms with Crippen LogP contribution >= 0.6 is 0 Å². The van der Waals surface area contributed by atoms with Gasteiger partial charge in [0.25, 0.3) is 5.69 Å². The molecule has 1 aliphatic rings. The van der Waals surface area contributed by atoms with Gasteiger partial charge in [-0.15, -0.1) is 0 Å². The molecular formula is C15H10N2O3. The van der Waals surface area contributed by atoms with Gasteiger partial charge in [-0.3, -0.25) is 10.1 Å². The Morgan fingerprint density at radius 2 is 2.00 bits per heavy atom. The Balaban J connectivity index is 2.32. The minimum Gasteiger partial charge on any atom is -0.468 e. The van der Waals surface area contributed by atoms with Gasteiger partial charge in [0, 0.05) is 23.3 Å². The largest absolute Gasteiger partial charge is 0.468 e. The number of nitro groups is 1. The number of benzene rings is 2. The molecule has 1 heterocycles. The minimum atomic E-state index is -1.23. The van der Waals surface area contributed by atoms with E-state index in [9.17, 15) is 15.4 Å². The molecule has 1 unspecified atom stereocenters. The summed E-state index contributed by atoms with van der Waals surface area (Å²) in [5, 5.41) is 20.3. The van der Waals surface area contributed by atoms with Crippen molar-refractivity contribution < 1.29 is 9.66 Å². The van der Waals surface area contributed by atoms with Crippen molar-refractivity contribution in [1.82, 2.24) is 0 Å². The van der Waals surface area contributed by atoms with E-state index in [1.54, 1.807) is 19.1 Å². The number of ether oxygens (including phenoxy) is 1. The van der Waals surface area contributed by atoms with E-state index in [0.717, 1.165) is 11.1 Å². The van der Waals surface area contributed by atoms with Crippen LogP contribution in [-0.2, 0) is 5.60 Å². The van der Waals surface area contributed by atoms with E-state index in [4.69, 9.17) is 4.74 Å². The topological polar surface area (TPSA) is 76.2 Å². The van der Waals surface area contributed by atoms with Gasteiger partial charge in [-0.25, -0.2) is 0 Å². The van der Waals surface area contributed by atoms with Gasteiger partial charge in [0.15, 0.2) is 0 Å². The number of nitro benzene ring substituents is 1. The lowest BCUT2D eigenvalue weighted by Crippen LogP contribution is -2.31. The smallest absolute Gasteiger partial charge is 0.269 e. The molecule has 1 atom stereocenters. The number of fused-ring (bicyclic) bond motifs is 3. The van der Waals surface area contributed by atoms with Crippen LogP contribution in [0.1, 0.15) is 12.5 Å².